The lowest BCUT2D eigenvalue weighted by atomic mass is 10.1. The van der Waals surface area contributed by atoms with Gasteiger partial charge in [0.05, 0.1) is 11.7 Å². The number of allylic oxidation sites excluding steroid dienone is 2. The van der Waals surface area contributed by atoms with Gasteiger partial charge in [-0.2, -0.15) is 0 Å². The molecule has 0 radical (unpaired) electrons. The van der Waals surface area contributed by atoms with Crippen molar-refractivity contribution in [2.24, 2.45) is 0 Å². The van der Waals surface area contributed by atoms with Crippen LogP contribution < -0.4 is 4.90 Å². The molecule has 2 aromatic heterocycles. The molecular formula is C13H11BrN2OS. The summed E-state index contributed by atoms with van der Waals surface area (Å²) in [6.07, 6.45) is 8.21. The molecule has 2 aromatic rings. The van der Waals surface area contributed by atoms with E-state index in [0.717, 1.165) is 16.1 Å². The molecule has 0 saturated heterocycles. The Morgan fingerprint density at radius 1 is 1.44 bits per heavy atom. The van der Waals surface area contributed by atoms with Crippen molar-refractivity contribution in [1.29, 1.82) is 0 Å². The summed E-state index contributed by atoms with van der Waals surface area (Å²) in [4.78, 5) is 3.35. The summed E-state index contributed by atoms with van der Waals surface area (Å²) < 4.78 is 6.32. The highest BCUT2D eigenvalue weighted by Crippen LogP contribution is 2.38. The number of nitrogens with zero attached hydrogens (tertiary/aromatic N) is 2. The van der Waals surface area contributed by atoms with E-state index in [9.17, 15) is 0 Å². The highest BCUT2D eigenvalue weighted by Gasteiger charge is 2.25. The molecule has 0 amide bonds. The maximum atomic E-state index is 5.41. The van der Waals surface area contributed by atoms with E-state index in [2.05, 4.69) is 55.7 Å². The predicted octanol–water partition coefficient (Wildman–Crippen LogP) is 4.44. The Kier molecular flexibility index (Phi) is 3.09. The van der Waals surface area contributed by atoms with E-state index >= 15 is 0 Å². The molecule has 5 heteroatoms. The quantitative estimate of drug-likeness (QED) is 0.818. The minimum absolute atomic E-state index is 0.165. The van der Waals surface area contributed by atoms with Gasteiger partial charge in [-0.15, -0.1) is 11.3 Å². The molecule has 1 aliphatic rings. The van der Waals surface area contributed by atoms with E-state index in [0.29, 0.717) is 0 Å². The Morgan fingerprint density at radius 2 is 2.33 bits per heavy atom. The molecule has 1 unspecified atom stereocenters. The van der Waals surface area contributed by atoms with Crippen LogP contribution in [0.4, 0.5) is 5.88 Å². The first-order valence-electron chi connectivity index (χ1n) is 5.56. The second-order valence-electron chi connectivity index (χ2n) is 3.98. The van der Waals surface area contributed by atoms with Crippen molar-refractivity contribution < 1.29 is 4.52 Å². The third-order valence-corrected chi connectivity index (χ3v) is 4.65. The van der Waals surface area contributed by atoms with Crippen LogP contribution in [0.15, 0.2) is 50.9 Å². The highest BCUT2D eigenvalue weighted by molar-refractivity contribution is 9.10. The summed E-state index contributed by atoms with van der Waals surface area (Å²) in [7, 11) is 0. The van der Waals surface area contributed by atoms with Crippen LogP contribution in [0.5, 0.6) is 0 Å². The van der Waals surface area contributed by atoms with Crippen LogP contribution in [0.3, 0.4) is 0 Å². The standard InChI is InChI=1S/C13H11BrN2OS/c1-9-12(14)13(17-15-9)16-7-3-2-5-10(16)11-6-4-8-18-11/h2-8,10H,1H3. The Balaban J connectivity index is 2.02. The molecule has 1 atom stereocenters. The zero-order valence-corrected chi connectivity index (χ0v) is 12.1. The normalized spacial score (nSPS) is 18.6. The van der Waals surface area contributed by atoms with Crippen molar-refractivity contribution in [3.63, 3.8) is 0 Å². The molecule has 0 fully saturated rings. The number of rotatable bonds is 2. The van der Waals surface area contributed by atoms with Crippen LogP contribution in [0, 0.1) is 6.92 Å². The van der Waals surface area contributed by atoms with Crippen molar-refractivity contribution in [3.05, 3.63) is 57.0 Å². The van der Waals surface area contributed by atoms with Gasteiger partial charge in [0.2, 0.25) is 5.88 Å². The number of anilines is 1. The first-order valence-corrected chi connectivity index (χ1v) is 7.23. The number of aryl methyl sites for hydroxylation is 1. The summed E-state index contributed by atoms with van der Waals surface area (Å²) in [5, 5.41) is 6.07. The molecular weight excluding hydrogens is 312 g/mol. The SMILES string of the molecule is Cc1noc(N2C=CC=CC2c2cccs2)c1Br. The van der Waals surface area contributed by atoms with Gasteiger partial charge in [0.15, 0.2) is 0 Å². The molecule has 0 saturated carbocycles. The topological polar surface area (TPSA) is 29.3 Å². The molecule has 0 aromatic carbocycles. The van der Waals surface area contributed by atoms with E-state index in [-0.39, 0.29) is 6.04 Å². The van der Waals surface area contributed by atoms with Gasteiger partial charge in [0, 0.05) is 11.1 Å². The lowest BCUT2D eigenvalue weighted by Crippen LogP contribution is -2.22. The van der Waals surface area contributed by atoms with E-state index in [1.165, 1.54) is 4.88 Å². The zero-order chi connectivity index (χ0) is 12.5. The Hall–Kier alpha value is -1.33. The highest BCUT2D eigenvalue weighted by atomic mass is 79.9. The fourth-order valence-corrected chi connectivity index (χ4v) is 3.04. The summed E-state index contributed by atoms with van der Waals surface area (Å²) in [5.41, 5.74) is 0.859. The summed E-state index contributed by atoms with van der Waals surface area (Å²) in [6.45, 7) is 1.92. The first-order chi connectivity index (χ1) is 8.77. The van der Waals surface area contributed by atoms with Gasteiger partial charge in [0.1, 0.15) is 4.47 Å². The molecule has 0 N–H and O–H groups in total. The average Bonchev–Trinajstić information content (AvgIpc) is 3.02. The van der Waals surface area contributed by atoms with Crippen molar-refractivity contribution in [2.75, 3.05) is 4.90 Å². The number of thiophene rings is 1. The minimum atomic E-state index is 0.165. The van der Waals surface area contributed by atoms with Crippen LogP contribution in [0.2, 0.25) is 0 Å². The van der Waals surface area contributed by atoms with Crippen molar-refractivity contribution in [2.45, 2.75) is 13.0 Å². The van der Waals surface area contributed by atoms with Gasteiger partial charge in [-0.3, -0.25) is 0 Å². The van der Waals surface area contributed by atoms with Crippen LogP contribution in [0.1, 0.15) is 16.6 Å². The number of hydrogen-bond acceptors (Lipinski definition) is 4. The van der Waals surface area contributed by atoms with Crippen LogP contribution in [-0.2, 0) is 0 Å². The summed E-state index contributed by atoms with van der Waals surface area (Å²) >= 11 is 5.26. The lowest BCUT2D eigenvalue weighted by molar-refractivity contribution is 0.414. The first kappa shape index (κ1) is 11.7. The number of aromatic nitrogens is 1. The maximum Gasteiger partial charge on any atom is 0.246 e. The Morgan fingerprint density at radius 3 is 3.00 bits per heavy atom. The number of halogens is 1. The van der Waals surface area contributed by atoms with Crippen molar-refractivity contribution >= 4 is 33.2 Å². The molecule has 0 bridgehead atoms. The van der Waals surface area contributed by atoms with Crippen molar-refractivity contribution in [3.8, 4) is 0 Å². The molecule has 3 rings (SSSR count). The second kappa shape index (κ2) is 4.74. The van der Waals surface area contributed by atoms with Crippen LogP contribution >= 0.6 is 27.3 Å². The molecule has 18 heavy (non-hydrogen) atoms. The minimum Gasteiger partial charge on any atom is -0.337 e. The Labute approximate surface area is 118 Å². The van der Waals surface area contributed by atoms with Gasteiger partial charge in [-0.05, 0) is 40.4 Å². The molecule has 0 spiro atoms. The largest absolute Gasteiger partial charge is 0.337 e. The lowest BCUT2D eigenvalue weighted by Gasteiger charge is -2.27. The summed E-state index contributed by atoms with van der Waals surface area (Å²) in [5.74, 6) is 0.742. The van der Waals surface area contributed by atoms with E-state index in [1.807, 2.05) is 19.2 Å². The fourth-order valence-electron chi connectivity index (χ4n) is 1.89. The maximum absolute atomic E-state index is 5.41. The monoisotopic (exact) mass is 322 g/mol. The zero-order valence-electron chi connectivity index (χ0n) is 9.71. The molecule has 92 valence electrons. The molecule has 0 aliphatic carbocycles. The van der Waals surface area contributed by atoms with E-state index in [4.69, 9.17) is 4.52 Å². The third kappa shape index (κ3) is 1.93. The number of hydrogen-bond donors (Lipinski definition) is 0. The molecule has 1 aliphatic heterocycles. The third-order valence-electron chi connectivity index (χ3n) is 2.79. The molecule has 3 heterocycles. The van der Waals surface area contributed by atoms with Gasteiger partial charge in [0.25, 0.3) is 0 Å². The molecule has 3 nitrogen and oxygen atoms in total. The predicted molar refractivity (Wildman–Crippen MR) is 76.8 cm³/mol. The van der Waals surface area contributed by atoms with Gasteiger partial charge in [-0.25, -0.2) is 0 Å². The van der Waals surface area contributed by atoms with Gasteiger partial charge >= 0.3 is 0 Å². The van der Waals surface area contributed by atoms with E-state index in [1.54, 1.807) is 11.3 Å². The average molecular weight is 323 g/mol. The van der Waals surface area contributed by atoms with Crippen molar-refractivity contribution in [1.82, 2.24) is 5.16 Å². The van der Waals surface area contributed by atoms with Crippen LogP contribution in [0.25, 0.3) is 0 Å². The van der Waals surface area contributed by atoms with E-state index < -0.39 is 0 Å². The van der Waals surface area contributed by atoms with Crippen LogP contribution in [-0.4, -0.2) is 5.16 Å². The Bertz CT molecular complexity index is 601. The van der Waals surface area contributed by atoms with Gasteiger partial charge < -0.3 is 9.42 Å². The fraction of sp³-hybridized carbons (Fsp3) is 0.154. The summed E-state index contributed by atoms with van der Waals surface area (Å²) in [6, 6.07) is 4.35. The second-order valence-corrected chi connectivity index (χ2v) is 5.75. The van der Waals surface area contributed by atoms with Gasteiger partial charge in [-0.1, -0.05) is 23.4 Å². The smallest absolute Gasteiger partial charge is 0.246 e.